The summed E-state index contributed by atoms with van der Waals surface area (Å²) < 4.78 is 36.5. The molecule has 0 heterocycles. The zero-order valence-corrected chi connectivity index (χ0v) is 21.1. The lowest BCUT2D eigenvalue weighted by molar-refractivity contribution is 0.0954. The van der Waals surface area contributed by atoms with E-state index in [1.165, 1.54) is 12.3 Å². The van der Waals surface area contributed by atoms with Crippen molar-refractivity contribution in [3.05, 3.63) is 82.1 Å². The van der Waals surface area contributed by atoms with Gasteiger partial charge in [-0.1, -0.05) is 29.8 Å². The van der Waals surface area contributed by atoms with Crippen LogP contribution in [0.15, 0.2) is 59.7 Å². The van der Waals surface area contributed by atoms with Crippen molar-refractivity contribution < 1.29 is 28.1 Å². The van der Waals surface area contributed by atoms with E-state index >= 15 is 0 Å². The van der Waals surface area contributed by atoms with E-state index in [1.54, 1.807) is 48.5 Å². The summed E-state index contributed by atoms with van der Waals surface area (Å²) in [6.45, 7) is 6.82. The Morgan fingerprint density at radius 2 is 1.61 bits per heavy atom. The Balaban J connectivity index is 1.72. The molecule has 0 aliphatic heterocycles. The molecule has 0 aliphatic carbocycles. The predicted molar refractivity (Wildman–Crippen MR) is 137 cm³/mol. The highest BCUT2D eigenvalue weighted by molar-refractivity contribution is 6.32. The summed E-state index contributed by atoms with van der Waals surface area (Å²) in [7, 11) is 0. The molecule has 0 saturated carbocycles. The lowest BCUT2D eigenvalue weighted by Crippen LogP contribution is -2.17. The van der Waals surface area contributed by atoms with Gasteiger partial charge >= 0.3 is 0 Å². The van der Waals surface area contributed by atoms with Crippen molar-refractivity contribution >= 4 is 23.7 Å². The topological polar surface area (TPSA) is 78.4 Å². The van der Waals surface area contributed by atoms with E-state index in [1.807, 2.05) is 20.8 Å². The fourth-order valence-electron chi connectivity index (χ4n) is 3.25. The van der Waals surface area contributed by atoms with Gasteiger partial charge in [0.2, 0.25) is 0 Å². The van der Waals surface area contributed by atoms with Crippen LogP contribution in [-0.4, -0.2) is 31.9 Å². The summed E-state index contributed by atoms with van der Waals surface area (Å²) in [6.07, 6.45) is 1.44. The van der Waals surface area contributed by atoms with Crippen molar-refractivity contribution in [2.45, 2.75) is 27.4 Å². The number of amides is 1. The van der Waals surface area contributed by atoms with Crippen LogP contribution in [0.2, 0.25) is 5.02 Å². The maximum absolute atomic E-state index is 13.9. The summed E-state index contributed by atoms with van der Waals surface area (Å²) in [5.74, 6) is 0.927. The van der Waals surface area contributed by atoms with Crippen LogP contribution in [0.1, 0.15) is 42.3 Å². The molecular weight excluding hydrogens is 487 g/mol. The number of halogens is 2. The minimum Gasteiger partial charge on any atom is -0.490 e. The molecular formula is C27H28ClFN2O5. The number of benzene rings is 3. The Kier molecular flexibility index (Phi) is 9.94. The molecule has 0 aromatic heterocycles. The molecule has 0 saturated heterocycles. The van der Waals surface area contributed by atoms with Crippen molar-refractivity contribution in [2.75, 3.05) is 19.8 Å². The van der Waals surface area contributed by atoms with Gasteiger partial charge in [-0.05, 0) is 62.7 Å². The maximum Gasteiger partial charge on any atom is 0.271 e. The van der Waals surface area contributed by atoms with Crippen LogP contribution in [0.3, 0.4) is 0 Å². The normalized spacial score (nSPS) is 10.8. The molecule has 0 radical (unpaired) electrons. The standard InChI is InChI=1S/C27H28ClFN2O5/c1-4-33-23-12-11-19(15-24(23)34-5-2)27(32)31-30-16-18-13-21(28)26(25(14-18)35-6-3)36-17-20-9-7-8-10-22(20)29/h7-16H,4-6,17H2,1-3H3,(H,31,32)/b30-16+. The van der Waals surface area contributed by atoms with Gasteiger partial charge in [-0.3, -0.25) is 4.79 Å². The van der Waals surface area contributed by atoms with Crippen molar-refractivity contribution in [2.24, 2.45) is 5.10 Å². The number of carbonyl (C=O) groups is 1. The van der Waals surface area contributed by atoms with Gasteiger partial charge < -0.3 is 18.9 Å². The first kappa shape index (κ1) is 26.8. The molecule has 3 rings (SSSR count). The first-order valence-corrected chi connectivity index (χ1v) is 11.9. The molecule has 7 nitrogen and oxygen atoms in total. The monoisotopic (exact) mass is 514 g/mol. The van der Waals surface area contributed by atoms with Gasteiger partial charge in [-0.15, -0.1) is 0 Å². The number of rotatable bonds is 12. The van der Waals surface area contributed by atoms with Crippen LogP contribution in [0.25, 0.3) is 0 Å². The van der Waals surface area contributed by atoms with Gasteiger partial charge in [-0.25, -0.2) is 9.82 Å². The van der Waals surface area contributed by atoms with Gasteiger partial charge in [0, 0.05) is 11.1 Å². The minimum atomic E-state index is -0.420. The van der Waals surface area contributed by atoms with Gasteiger partial charge in [0.1, 0.15) is 12.4 Å². The van der Waals surface area contributed by atoms with Gasteiger partial charge in [0.05, 0.1) is 31.1 Å². The molecule has 0 spiro atoms. The number of carbonyl (C=O) groups excluding carboxylic acids is 1. The largest absolute Gasteiger partial charge is 0.490 e. The summed E-state index contributed by atoms with van der Waals surface area (Å²) in [4.78, 5) is 12.6. The molecule has 1 amide bonds. The SMILES string of the molecule is CCOc1ccc(C(=O)N/N=C/c2cc(Cl)c(OCc3ccccc3F)c(OCC)c2)cc1OCC. The zero-order chi connectivity index (χ0) is 25.9. The fourth-order valence-corrected chi connectivity index (χ4v) is 3.53. The van der Waals surface area contributed by atoms with E-state index in [4.69, 9.17) is 30.5 Å². The molecule has 0 fully saturated rings. The predicted octanol–water partition coefficient (Wildman–Crippen LogP) is 6.02. The maximum atomic E-state index is 13.9. The van der Waals surface area contributed by atoms with Crippen molar-refractivity contribution in [1.82, 2.24) is 5.43 Å². The smallest absolute Gasteiger partial charge is 0.271 e. The third kappa shape index (κ3) is 7.11. The quantitative estimate of drug-likeness (QED) is 0.236. The third-order valence-corrected chi connectivity index (χ3v) is 5.13. The van der Waals surface area contributed by atoms with Gasteiger partial charge in [-0.2, -0.15) is 5.10 Å². The van der Waals surface area contributed by atoms with E-state index in [0.29, 0.717) is 59.5 Å². The fraction of sp³-hybridized carbons (Fsp3) is 0.259. The first-order valence-electron chi connectivity index (χ1n) is 11.5. The van der Waals surface area contributed by atoms with E-state index in [-0.39, 0.29) is 17.4 Å². The third-order valence-electron chi connectivity index (χ3n) is 4.85. The Hall–Kier alpha value is -3.78. The molecule has 1 N–H and O–H groups in total. The zero-order valence-electron chi connectivity index (χ0n) is 20.3. The Bertz CT molecular complexity index is 1220. The Morgan fingerprint density at radius 1 is 0.917 bits per heavy atom. The number of nitrogens with zero attached hydrogens (tertiary/aromatic N) is 1. The van der Waals surface area contributed by atoms with E-state index in [0.717, 1.165) is 0 Å². The van der Waals surface area contributed by atoms with Crippen LogP contribution < -0.4 is 24.4 Å². The van der Waals surface area contributed by atoms with Crippen LogP contribution in [0, 0.1) is 5.82 Å². The molecule has 0 atom stereocenters. The average molecular weight is 515 g/mol. The number of nitrogens with one attached hydrogen (secondary N) is 1. The lowest BCUT2D eigenvalue weighted by atomic mass is 10.2. The minimum absolute atomic E-state index is 0.0121. The summed E-state index contributed by atoms with van der Waals surface area (Å²) >= 11 is 6.43. The van der Waals surface area contributed by atoms with Crippen LogP contribution >= 0.6 is 11.6 Å². The molecule has 9 heteroatoms. The second kappa shape index (κ2) is 13.3. The Labute approximate surface area is 214 Å². The van der Waals surface area contributed by atoms with Gasteiger partial charge in [0.15, 0.2) is 23.0 Å². The number of hydrazone groups is 1. The molecule has 0 bridgehead atoms. The molecule has 36 heavy (non-hydrogen) atoms. The Morgan fingerprint density at radius 3 is 2.33 bits per heavy atom. The van der Waals surface area contributed by atoms with E-state index < -0.39 is 5.91 Å². The van der Waals surface area contributed by atoms with Crippen LogP contribution in [0.4, 0.5) is 4.39 Å². The summed E-state index contributed by atoms with van der Waals surface area (Å²) in [5, 5.41) is 4.29. The molecule has 0 aliphatic rings. The highest BCUT2D eigenvalue weighted by Gasteiger charge is 2.14. The number of ether oxygens (including phenoxy) is 4. The average Bonchev–Trinajstić information content (AvgIpc) is 2.86. The number of hydrogen-bond acceptors (Lipinski definition) is 6. The lowest BCUT2D eigenvalue weighted by Gasteiger charge is -2.14. The first-order chi connectivity index (χ1) is 17.5. The molecule has 3 aromatic carbocycles. The van der Waals surface area contributed by atoms with Crippen molar-refractivity contribution in [3.8, 4) is 23.0 Å². The second-order valence-electron chi connectivity index (χ2n) is 7.37. The van der Waals surface area contributed by atoms with Crippen LogP contribution in [-0.2, 0) is 6.61 Å². The highest BCUT2D eigenvalue weighted by atomic mass is 35.5. The summed E-state index contributed by atoms with van der Waals surface area (Å²) in [6, 6.07) is 14.5. The molecule has 3 aromatic rings. The van der Waals surface area contributed by atoms with Gasteiger partial charge in [0.25, 0.3) is 5.91 Å². The van der Waals surface area contributed by atoms with E-state index in [2.05, 4.69) is 10.5 Å². The van der Waals surface area contributed by atoms with Crippen molar-refractivity contribution in [1.29, 1.82) is 0 Å². The molecule has 190 valence electrons. The van der Waals surface area contributed by atoms with Crippen molar-refractivity contribution in [3.63, 3.8) is 0 Å². The highest BCUT2D eigenvalue weighted by Crippen LogP contribution is 2.37. The summed E-state index contributed by atoms with van der Waals surface area (Å²) in [5.41, 5.74) is 3.82. The van der Waals surface area contributed by atoms with E-state index in [9.17, 15) is 9.18 Å². The van der Waals surface area contributed by atoms with Crippen LogP contribution in [0.5, 0.6) is 23.0 Å². The molecule has 0 unspecified atom stereocenters. The number of hydrogen-bond donors (Lipinski definition) is 1. The second-order valence-corrected chi connectivity index (χ2v) is 7.78.